The summed E-state index contributed by atoms with van der Waals surface area (Å²) >= 11 is 0. The molecule has 7 rings (SSSR count). The van der Waals surface area contributed by atoms with Gasteiger partial charge in [0.15, 0.2) is 0 Å². The zero-order valence-corrected chi connectivity index (χ0v) is 32.5. The molecule has 1 fully saturated rings. The summed E-state index contributed by atoms with van der Waals surface area (Å²) in [4.78, 5) is 59.9. The second-order valence-corrected chi connectivity index (χ2v) is 15.3. The molecule has 0 aliphatic carbocycles. The fourth-order valence-electron chi connectivity index (χ4n) is 7.88. The average molecular weight is 749 g/mol. The molecule has 0 spiro atoms. The summed E-state index contributed by atoms with van der Waals surface area (Å²) in [5.41, 5.74) is 16.2. The van der Waals surface area contributed by atoms with Crippen molar-refractivity contribution in [2.45, 2.75) is 83.8 Å². The number of benzene rings is 2. The van der Waals surface area contributed by atoms with Crippen molar-refractivity contribution in [1.82, 2.24) is 45.6 Å². The Kier molecular flexibility index (Phi) is 11.3. The Morgan fingerprint density at radius 1 is 0.945 bits per heavy atom. The lowest BCUT2D eigenvalue weighted by Gasteiger charge is -2.29. The first-order valence-electron chi connectivity index (χ1n) is 19.3. The van der Waals surface area contributed by atoms with Crippen molar-refractivity contribution in [1.29, 1.82) is 0 Å². The van der Waals surface area contributed by atoms with E-state index in [-0.39, 0.29) is 29.8 Å². The van der Waals surface area contributed by atoms with Crippen LogP contribution in [0.3, 0.4) is 0 Å². The number of pyridine rings is 2. The molecule has 14 heteroatoms. The topological polar surface area (TPSA) is 189 Å². The van der Waals surface area contributed by atoms with E-state index in [0.717, 1.165) is 93.1 Å². The zero-order valence-electron chi connectivity index (χ0n) is 32.5. The summed E-state index contributed by atoms with van der Waals surface area (Å²) < 4.78 is 4.78. The number of imidazole rings is 2. The Morgan fingerprint density at radius 3 is 2.51 bits per heavy atom. The van der Waals surface area contributed by atoms with Crippen molar-refractivity contribution >= 4 is 55.9 Å². The number of aromatic nitrogens is 6. The molecular formula is C41H52N10O4. The van der Waals surface area contributed by atoms with Gasteiger partial charge in [0.25, 0.3) is 0 Å². The van der Waals surface area contributed by atoms with E-state index in [1.807, 2.05) is 24.8 Å². The number of carbonyl (C=O) groups excluding carboxylic acids is 2. The number of methoxy groups -OCH3 is 1. The number of aromatic amines is 2. The van der Waals surface area contributed by atoms with E-state index < -0.39 is 12.1 Å². The number of H-pyrrole nitrogens is 2. The average Bonchev–Trinajstić information content (AvgIpc) is 3.96. The van der Waals surface area contributed by atoms with Gasteiger partial charge in [-0.2, -0.15) is 5.48 Å². The Bertz CT molecular complexity index is 2320. The number of fused-ring (bicyclic) bond motifs is 6. The summed E-state index contributed by atoms with van der Waals surface area (Å²) in [6, 6.07) is 13.7. The molecule has 2 aromatic carbocycles. The molecule has 2 amide bonds. The van der Waals surface area contributed by atoms with Crippen LogP contribution in [0.25, 0.3) is 55.1 Å². The van der Waals surface area contributed by atoms with E-state index in [9.17, 15) is 9.59 Å². The van der Waals surface area contributed by atoms with Crippen molar-refractivity contribution in [2.75, 3.05) is 27.3 Å². The second kappa shape index (κ2) is 16.3. The number of alkyl carbamates (subject to hydrolysis) is 1. The number of nitrogens with one attached hydrogen (secondary N) is 4. The van der Waals surface area contributed by atoms with Crippen molar-refractivity contribution < 1.29 is 19.2 Å². The summed E-state index contributed by atoms with van der Waals surface area (Å²) in [6.07, 6.45) is 5.45. The maximum Gasteiger partial charge on any atom is 0.407 e. The number of ether oxygens (including phenoxy) is 1. The van der Waals surface area contributed by atoms with Crippen LogP contribution in [-0.4, -0.2) is 86.2 Å². The Labute approximate surface area is 320 Å². The third-order valence-electron chi connectivity index (χ3n) is 11.0. The van der Waals surface area contributed by atoms with E-state index in [2.05, 4.69) is 71.0 Å². The molecular weight excluding hydrogens is 697 g/mol. The predicted octanol–water partition coefficient (Wildman–Crippen LogP) is 6.63. The van der Waals surface area contributed by atoms with E-state index in [1.54, 1.807) is 13.3 Å². The molecule has 6 N–H and O–H groups in total. The number of carbonyl (C=O) groups is 2. The second-order valence-electron chi connectivity index (χ2n) is 15.3. The molecule has 0 saturated carbocycles. The fraction of sp³-hybridized carbons (Fsp3) is 0.463. The van der Waals surface area contributed by atoms with Gasteiger partial charge < -0.3 is 35.5 Å². The van der Waals surface area contributed by atoms with Crippen LogP contribution in [0.1, 0.15) is 83.4 Å². The highest BCUT2D eigenvalue weighted by molar-refractivity contribution is 6.05. The van der Waals surface area contributed by atoms with Crippen LogP contribution in [0.15, 0.2) is 48.7 Å². The zero-order chi connectivity index (χ0) is 38.8. The molecule has 0 radical (unpaired) electrons. The van der Waals surface area contributed by atoms with Gasteiger partial charge in [0.1, 0.15) is 23.2 Å². The monoisotopic (exact) mass is 748 g/mol. The lowest BCUT2D eigenvalue weighted by molar-refractivity contribution is -0.135. The largest absolute Gasteiger partial charge is 0.453 e. The van der Waals surface area contributed by atoms with E-state index in [4.69, 9.17) is 35.2 Å². The minimum atomic E-state index is -0.697. The van der Waals surface area contributed by atoms with Gasteiger partial charge >= 0.3 is 6.09 Å². The molecule has 1 unspecified atom stereocenters. The smallest absolute Gasteiger partial charge is 0.407 e. The standard InChI is InChI=1S/C41H52N10O4/c1-22(2)31(50-55-6)20-25(9-7-17-42)38-45-30-16-15-29-26(36(30)47-38)13-14-28(44-29)24-11-12-27-32(19-24)43-21-33-37(27)48-39(46-33)34-10-8-18-51(34)40(52)35(23(3)4)49-41(53)54-5/h11-16,19,21-23,25,31,34-35,44,50H,7-10,17-18,20,42H2,1-6H3,(H,46,48)(H,49,53)/t25?,31-,34+,35+/m1/s1. The molecule has 1 aliphatic rings. The fourth-order valence-corrected chi connectivity index (χ4v) is 7.88. The molecule has 4 aromatic heterocycles. The van der Waals surface area contributed by atoms with E-state index in [1.165, 1.54) is 7.11 Å². The van der Waals surface area contributed by atoms with Gasteiger partial charge in [-0.1, -0.05) is 33.8 Å². The van der Waals surface area contributed by atoms with Gasteiger partial charge in [-0.25, -0.2) is 19.7 Å². The summed E-state index contributed by atoms with van der Waals surface area (Å²) in [5.74, 6) is 1.84. The Morgan fingerprint density at radius 2 is 1.76 bits per heavy atom. The number of hydroxylamine groups is 1. The summed E-state index contributed by atoms with van der Waals surface area (Å²) in [6.45, 7) is 9.40. The molecule has 14 nitrogen and oxygen atoms in total. The normalized spacial score (nSPS) is 16.5. The number of rotatable bonds is 14. The van der Waals surface area contributed by atoms with Gasteiger partial charge in [-0.3, -0.25) is 9.78 Å². The minimum Gasteiger partial charge on any atom is -0.453 e. The first-order chi connectivity index (χ1) is 26.6. The molecule has 1 saturated heterocycles. The molecule has 0 bridgehead atoms. The van der Waals surface area contributed by atoms with E-state index in [0.29, 0.717) is 24.8 Å². The number of amides is 2. The molecule has 6 aromatic rings. The van der Waals surface area contributed by atoms with Crippen molar-refractivity contribution in [3.8, 4) is 11.3 Å². The van der Waals surface area contributed by atoms with E-state index >= 15 is 0 Å². The number of nitrogens with two attached hydrogens (primary N) is 1. The highest BCUT2D eigenvalue weighted by Crippen LogP contribution is 2.36. The van der Waals surface area contributed by atoms with Crippen molar-refractivity contribution in [3.63, 3.8) is 0 Å². The first-order valence-corrected chi connectivity index (χ1v) is 19.3. The van der Waals surface area contributed by atoms with Crippen LogP contribution < -0.4 is 16.5 Å². The van der Waals surface area contributed by atoms with Gasteiger partial charge in [0.05, 0.1) is 48.5 Å². The Hall–Kier alpha value is -5.18. The van der Waals surface area contributed by atoms with Crippen molar-refractivity contribution in [2.24, 2.45) is 17.6 Å². The lowest BCUT2D eigenvalue weighted by Crippen LogP contribution is -2.51. The molecule has 290 valence electrons. The maximum atomic E-state index is 13.7. The first kappa shape index (κ1) is 38.1. The van der Waals surface area contributed by atoms with Crippen molar-refractivity contribution in [3.05, 3.63) is 60.3 Å². The van der Waals surface area contributed by atoms with Crippen LogP contribution in [0.2, 0.25) is 0 Å². The number of likely N-dealkylation sites (tertiary alicyclic amines) is 1. The minimum absolute atomic E-state index is 0.111. The van der Waals surface area contributed by atoms with Gasteiger partial charge in [0, 0.05) is 46.1 Å². The van der Waals surface area contributed by atoms with Crippen LogP contribution in [0, 0.1) is 11.8 Å². The molecule has 55 heavy (non-hydrogen) atoms. The van der Waals surface area contributed by atoms with Gasteiger partial charge in [0.2, 0.25) is 5.91 Å². The number of hydrogen-bond acceptors (Lipinski definition) is 10. The quantitative estimate of drug-likeness (QED) is 0.0756. The third kappa shape index (κ3) is 7.71. The third-order valence-corrected chi connectivity index (χ3v) is 11.0. The molecule has 1 aliphatic heterocycles. The highest BCUT2D eigenvalue weighted by atomic mass is 16.6. The Balaban J connectivity index is 1.16. The number of nitrogens with zero attached hydrogens (tertiary/aromatic N) is 5. The van der Waals surface area contributed by atoms with Crippen LogP contribution in [-0.2, 0) is 14.4 Å². The van der Waals surface area contributed by atoms with Gasteiger partial charge in [-0.15, -0.1) is 0 Å². The highest BCUT2D eigenvalue weighted by Gasteiger charge is 2.37. The predicted molar refractivity (Wildman–Crippen MR) is 214 cm³/mol. The SMILES string of the molecule is CON[C@H](CC(CCCN)c1nc2ccc3[nH]c(-c4ccc5c(c4)ncc4[nH]c([C@@H]6CCCN6C(=O)[C@@H](NC(=O)OC)C(C)C)nc45)ccc3c2n1)C(C)C. The summed E-state index contributed by atoms with van der Waals surface area (Å²) in [5, 5.41) is 4.64. The molecule has 5 heterocycles. The lowest BCUT2D eigenvalue weighted by atomic mass is 9.89. The number of hydrogen-bond donors (Lipinski definition) is 5. The maximum absolute atomic E-state index is 13.7. The summed E-state index contributed by atoms with van der Waals surface area (Å²) in [7, 11) is 2.95. The van der Waals surface area contributed by atoms with Crippen LogP contribution in [0.5, 0.6) is 0 Å². The van der Waals surface area contributed by atoms with Crippen LogP contribution in [0.4, 0.5) is 4.79 Å². The molecule has 4 atom stereocenters. The van der Waals surface area contributed by atoms with Crippen LogP contribution >= 0.6 is 0 Å². The van der Waals surface area contributed by atoms with Gasteiger partial charge in [-0.05, 0) is 86.9 Å².